The lowest BCUT2D eigenvalue weighted by Gasteiger charge is -2.11. The number of hydrogen-bond acceptors (Lipinski definition) is 3. The Morgan fingerprint density at radius 2 is 2.00 bits per heavy atom. The third kappa shape index (κ3) is 6.90. The summed E-state index contributed by atoms with van der Waals surface area (Å²) in [5.41, 5.74) is 1.14. The number of nitrogens with one attached hydrogen (secondary N) is 2. The van der Waals surface area contributed by atoms with E-state index in [4.69, 9.17) is 0 Å². The van der Waals surface area contributed by atoms with Crippen molar-refractivity contribution in [2.45, 2.75) is 33.7 Å². The quantitative estimate of drug-likeness (QED) is 0.390. The monoisotopic (exact) mass is 447 g/mol. The van der Waals surface area contributed by atoms with Crippen LogP contribution < -0.4 is 10.6 Å². The maximum Gasteiger partial charge on any atom is 0.191 e. The molecule has 2 heterocycles. The Balaban J connectivity index is 0.00000264. The predicted molar refractivity (Wildman–Crippen MR) is 109 cm³/mol. The predicted octanol–water partition coefficient (Wildman–Crippen LogP) is 2.98. The van der Waals surface area contributed by atoms with E-state index in [2.05, 4.69) is 58.3 Å². The molecule has 2 aromatic heterocycles. The number of guanidine groups is 1. The Labute approximate surface area is 159 Å². The number of thiazole rings is 1. The van der Waals surface area contributed by atoms with E-state index in [0.717, 1.165) is 49.3 Å². The molecule has 0 saturated carbocycles. The maximum absolute atomic E-state index is 4.64. The second-order valence-corrected chi connectivity index (χ2v) is 6.39. The zero-order valence-corrected chi connectivity index (χ0v) is 17.1. The number of hydrogen-bond donors (Lipinski definition) is 2. The first-order valence-electron chi connectivity index (χ1n) is 7.75. The van der Waals surface area contributed by atoms with Crippen LogP contribution in [0.1, 0.15) is 22.5 Å². The smallest absolute Gasteiger partial charge is 0.191 e. The second kappa shape index (κ2) is 10.6. The average Bonchev–Trinajstić information content (AvgIpc) is 3.09. The van der Waals surface area contributed by atoms with Crippen LogP contribution in [0.3, 0.4) is 0 Å². The minimum absolute atomic E-state index is 0. The molecule has 0 aromatic carbocycles. The van der Waals surface area contributed by atoms with Gasteiger partial charge in [0.2, 0.25) is 0 Å². The minimum atomic E-state index is 0. The van der Waals surface area contributed by atoms with E-state index < -0.39 is 0 Å². The first-order chi connectivity index (χ1) is 10.7. The zero-order valence-electron chi connectivity index (χ0n) is 14.0. The van der Waals surface area contributed by atoms with Crippen LogP contribution in [0.25, 0.3) is 0 Å². The Bertz CT molecular complexity index is 592. The van der Waals surface area contributed by atoms with Crippen LogP contribution in [0.5, 0.6) is 0 Å². The van der Waals surface area contributed by atoms with Gasteiger partial charge in [0.1, 0.15) is 0 Å². The third-order valence-corrected chi connectivity index (χ3v) is 4.41. The van der Waals surface area contributed by atoms with Crippen LogP contribution in [0, 0.1) is 13.8 Å². The summed E-state index contributed by atoms with van der Waals surface area (Å²) in [5.74, 6) is 0.883. The Morgan fingerprint density at radius 3 is 2.61 bits per heavy atom. The summed E-state index contributed by atoms with van der Waals surface area (Å²) < 4.78 is 2.15. The summed E-state index contributed by atoms with van der Waals surface area (Å²) in [6, 6.07) is 4.08. The molecule has 23 heavy (non-hydrogen) atoms. The molecular weight excluding hydrogens is 421 g/mol. The van der Waals surface area contributed by atoms with Crippen LogP contribution >= 0.6 is 35.3 Å². The van der Waals surface area contributed by atoms with Crippen molar-refractivity contribution in [3.8, 4) is 0 Å². The molecule has 0 saturated heterocycles. The second-order valence-electron chi connectivity index (χ2n) is 5.10. The topological polar surface area (TPSA) is 54.2 Å². The fourth-order valence-electron chi connectivity index (χ4n) is 2.24. The van der Waals surface area contributed by atoms with E-state index in [1.807, 2.05) is 12.1 Å². The summed E-state index contributed by atoms with van der Waals surface area (Å²) in [7, 11) is 0. The van der Waals surface area contributed by atoms with Crippen molar-refractivity contribution in [1.29, 1.82) is 0 Å². The summed E-state index contributed by atoms with van der Waals surface area (Å²) >= 11 is 1.77. The minimum Gasteiger partial charge on any atom is -0.357 e. The highest BCUT2D eigenvalue weighted by Gasteiger charge is 2.04. The first-order valence-corrected chi connectivity index (χ1v) is 8.56. The van der Waals surface area contributed by atoms with Crippen molar-refractivity contribution in [3.05, 3.63) is 40.1 Å². The summed E-state index contributed by atoms with van der Waals surface area (Å²) in [6.07, 6.45) is 5.09. The molecule has 2 aromatic rings. The van der Waals surface area contributed by atoms with E-state index >= 15 is 0 Å². The summed E-state index contributed by atoms with van der Waals surface area (Å²) in [5, 5.41) is 7.79. The maximum atomic E-state index is 4.64. The molecule has 5 nitrogen and oxygen atoms in total. The number of nitrogens with zero attached hydrogens (tertiary/aromatic N) is 3. The highest BCUT2D eigenvalue weighted by atomic mass is 127. The summed E-state index contributed by atoms with van der Waals surface area (Å²) in [6.45, 7) is 9.65. The van der Waals surface area contributed by atoms with E-state index in [0.29, 0.717) is 0 Å². The fourth-order valence-corrected chi connectivity index (χ4v) is 3.16. The van der Waals surface area contributed by atoms with Crippen molar-refractivity contribution in [2.24, 2.45) is 4.99 Å². The van der Waals surface area contributed by atoms with Crippen molar-refractivity contribution in [1.82, 2.24) is 20.2 Å². The van der Waals surface area contributed by atoms with Crippen LogP contribution in [0.15, 0.2) is 29.5 Å². The van der Waals surface area contributed by atoms with E-state index in [1.165, 1.54) is 4.88 Å². The average molecular weight is 447 g/mol. The van der Waals surface area contributed by atoms with Gasteiger partial charge in [-0.25, -0.2) is 4.98 Å². The standard InChI is InChI=1S/C16H25N5S.HI/c1-4-17-16(19-9-12-21-10-5-6-11-21)18-8-7-15-13(2)20-14(3)22-15;/h5-6,10-11H,4,7-9,12H2,1-3H3,(H2,17,18,19);1H. The molecule has 0 spiro atoms. The number of aryl methyl sites for hydroxylation is 2. The van der Waals surface area contributed by atoms with Gasteiger partial charge < -0.3 is 15.2 Å². The SMILES string of the molecule is CCNC(=NCCc1sc(C)nc1C)NCCn1cccc1.I. The van der Waals surface area contributed by atoms with Gasteiger partial charge in [0, 0.05) is 49.9 Å². The molecule has 0 aliphatic heterocycles. The Kier molecular flexibility index (Phi) is 9.23. The Hall–Kier alpha value is -1.09. The first kappa shape index (κ1) is 20.0. The lowest BCUT2D eigenvalue weighted by atomic mass is 10.3. The normalized spacial score (nSPS) is 11.2. The third-order valence-electron chi connectivity index (χ3n) is 3.28. The molecular formula is C16H26IN5S. The van der Waals surface area contributed by atoms with Gasteiger partial charge in [0.25, 0.3) is 0 Å². The lowest BCUT2D eigenvalue weighted by Crippen LogP contribution is -2.39. The fraction of sp³-hybridized carbons (Fsp3) is 0.500. The van der Waals surface area contributed by atoms with Gasteiger partial charge in [-0.3, -0.25) is 4.99 Å². The van der Waals surface area contributed by atoms with Crippen LogP contribution in [0.2, 0.25) is 0 Å². The lowest BCUT2D eigenvalue weighted by molar-refractivity contribution is 0.665. The molecule has 7 heteroatoms. The highest BCUT2D eigenvalue weighted by molar-refractivity contribution is 14.0. The molecule has 0 bridgehead atoms. The van der Waals surface area contributed by atoms with E-state index in [1.54, 1.807) is 11.3 Å². The van der Waals surface area contributed by atoms with E-state index in [-0.39, 0.29) is 24.0 Å². The molecule has 0 fully saturated rings. The number of rotatable bonds is 7. The van der Waals surface area contributed by atoms with Gasteiger partial charge in [0.15, 0.2) is 5.96 Å². The summed E-state index contributed by atoms with van der Waals surface area (Å²) in [4.78, 5) is 10.4. The number of halogens is 1. The van der Waals surface area contributed by atoms with Gasteiger partial charge in [0.05, 0.1) is 10.7 Å². The van der Waals surface area contributed by atoms with Gasteiger partial charge in [-0.1, -0.05) is 0 Å². The van der Waals surface area contributed by atoms with Gasteiger partial charge >= 0.3 is 0 Å². The van der Waals surface area contributed by atoms with Gasteiger partial charge in [-0.2, -0.15) is 0 Å². The molecule has 0 atom stereocenters. The van der Waals surface area contributed by atoms with Crippen molar-refractivity contribution < 1.29 is 0 Å². The molecule has 128 valence electrons. The highest BCUT2D eigenvalue weighted by Crippen LogP contribution is 2.17. The van der Waals surface area contributed by atoms with Crippen LogP contribution in [0.4, 0.5) is 0 Å². The van der Waals surface area contributed by atoms with Crippen molar-refractivity contribution >= 4 is 41.3 Å². The van der Waals surface area contributed by atoms with Gasteiger partial charge in [-0.15, -0.1) is 35.3 Å². The Morgan fingerprint density at radius 1 is 1.26 bits per heavy atom. The molecule has 0 radical (unpaired) electrons. The molecule has 0 aliphatic rings. The van der Waals surface area contributed by atoms with Gasteiger partial charge in [-0.05, 0) is 32.9 Å². The largest absolute Gasteiger partial charge is 0.357 e. The van der Waals surface area contributed by atoms with Crippen molar-refractivity contribution in [3.63, 3.8) is 0 Å². The van der Waals surface area contributed by atoms with Crippen LogP contribution in [-0.4, -0.2) is 35.1 Å². The molecule has 0 amide bonds. The zero-order chi connectivity index (χ0) is 15.8. The van der Waals surface area contributed by atoms with E-state index in [9.17, 15) is 0 Å². The molecule has 2 rings (SSSR count). The molecule has 0 aliphatic carbocycles. The number of aromatic nitrogens is 2. The van der Waals surface area contributed by atoms with Crippen LogP contribution in [-0.2, 0) is 13.0 Å². The molecule has 2 N–H and O–H groups in total. The van der Waals surface area contributed by atoms with Crippen molar-refractivity contribution in [2.75, 3.05) is 19.6 Å². The number of aliphatic imine (C=N–C) groups is 1. The molecule has 0 unspecified atom stereocenters.